The van der Waals surface area contributed by atoms with Crippen molar-refractivity contribution < 1.29 is 17.9 Å². The molecule has 0 aromatic heterocycles. The zero-order valence-electron chi connectivity index (χ0n) is 18.0. The number of anilines is 1. The summed E-state index contributed by atoms with van der Waals surface area (Å²) in [7, 11) is -2.39. The fourth-order valence-electron chi connectivity index (χ4n) is 3.21. The highest BCUT2D eigenvalue weighted by Gasteiger charge is 2.27. The summed E-state index contributed by atoms with van der Waals surface area (Å²) in [5.74, 6) is 0.353. The van der Waals surface area contributed by atoms with Crippen LogP contribution in [0.2, 0.25) is 10.0 Å². The molecule has 0 radical (unpaired) electrons. The molecule has 6 nitrogen and oxygen atoms in total. The van der Waals surface area contributed by atoms with Crippen molar-refractivity contribution in [2.75, 3.05) is 24.5 Å². The van der Waals surface area contributed by atoms with Gasteiger partial charge in [0.05, 0.1) is 27.7 Å². The Morgan fingerprint density at radius 3 is 2.42 bits per heavy atom. The molecule has 0 aliphatic heterocycles. The Morgan fingerprint density at radius 2 is 1.73 bits per heavy atom. The van der Waals surface area contributed by atoms with Crippen LogP contribution in [0.25, 0.3) is 0 Å². The highest BCUT2D eigenvalue weighted by molar-refractivity contribution is 7.92. The van der Waals surface area contributed by atoms with Crippen molar-refractivity contribution in [3.8, 4) is 5.75 Å². The molecule has 3 rings (SSSR count). The number of rotatable bonds is 10. The monoisotopic (exact) mass is 506 g/mol. The van der Waals surface area contributed by atoms with Crippen LogP contribution in [-0.2, 0) is 21.2 Å². The topological polar surface area (TPSA) is 75.7 Å². The number of aryl methyl sites for hydroxylation is 1. The number of carbonyl (C=O) groups excluding carboxylic acids is 1. The Bertz CT molecular complexity index is 1200. The maximum absolute atomic E-state index is 13.3. The quantitative estimate of drug-likeness (QED) is 0.394. The first-order valence-electron chi connectivity index (χ1n) is 10.2. The Morgan fingerprint density at radius 1 is 0.970 bits per heavy atom. The molecule has 0 saturated heterocycles. The molecule has 174 valence electrons. The minimum absolute atomic E-state index is 0.0712. The van der Waals surface area contributed by atoms with E-state index >= 15 is 0 Å². The molecule has 0 bridgehead atoms. The fraction of sp³-hybridized carbons (Fsp3) is 0.208. The van der Waals surface area contributed by atoms with Crippen LogP contribution < -0.4 is 14.4 Å². The number of hydrogen-bond acceptors (Lipinski definition) is 4. The summed E-state index contributed by atoms with van der Waals surface area (Å²) < 4.78 is 32.8. The average Bonchev–Trinajstić information content (AvgIpc) is 2.83. The van der Waals surface area contributed by atoms with E-state index in [2.05, 4.69) is 5.32 Å². The minimum atomic E-state index is -4.00. The van der Waals surface area contributed by atoms with Crippen LogP contribution in [0, 0.1) is 0 Å². The van der Waals surface area contributed by atoms with E-state index < -0.39 is 22.5 Å². The standard InChI is InChI=1S/C24H24Cl2N2O4S/c1-32-20-9-5-7-18(15-20)8-6-14-27-24(29)17-28(19-12-13-22(25)23(26)16-19)33(30,31)21-10-3-2-4-11-21/h2-5,7,9-13,15-16H,6,8,14,17H2,1H3,(H,27,29). The van der Waals surface area contributed by atoms with Gasteiger partial charge in [0.1, 0.15) is 12.3 Å². The smallest absolute Gasteiger partial charge is 0.264 e. The van der Waals surface area contributed by atoms with Crippen molar-refractivity contribution in [1.82, 2.24) is 5.32 Å². The molecule has 1 N–H and O–H groups in total. The Balaban J connectivity index is 1.70. The van der Waals surface area contributed by atoms with Gasteiger partial charge in [0, 0.05) is 6.54 Å². The van der Waals surface area contributed by atoms with Crippen molar-refractivity contribution in [2.45, 2.75) is 17.7 Å². The number of amides is 1. The predicted molar refractivity (Wildman–Crippen MR) is 132 cm³/mol. The summed E-state index contributed by atoms with van der Waals surface area (Å²) in [6.45, 7) is 0.00495. The van der Waals surface area contributed by atoms with Gasteiger partial charge in [0.25, 0.3) is 10.0 Å². The first kappa shape index (κ1) is 24.9. The first-order chi connectivity index (χ1) is 15.8. The number of benzene rings is 3. The van der Waals surface area contributed by atoms with E-state index in [-0.39, 0.29) is 15.6 Å². The molecule has 0 heterocycles. The van der Waals surface area contributed by atoms with E-state index in [9.17, 15) is 13.2 Å². The van der Waals surface area contributed by atoms with Gasteiger partial charge >= 0.3 is 0 Å². The summed E-state index contributed by atoms with van der Waals surface area (Å²) in [6.07, 6.45) is 1.44. The SMILES string of the molecule is COc1cccc(CCCNC(=O)CN(c2ccc(Cl)c(Cl)c2)S(=O)(=O)c2ccccc2)c1. The van der Waals surface area contributed by atoms with Crippen LogP contribution in [0.3, 0.4) is 0 Å². The lowest BCUT2D eigenvalue weighted by molar-refractivity contribution is -0.119. The van der Waals surface area contributed by atoms with Crippen LogP contribution >= 0.6 is 23.2 Å². The molecule has 1 amide bonds. The molecule has 0 atom stereocenters. The van der Waals surface area contributed by atoms with E-state index in [0.29, 0.717) is 18.0 Å². The van der Waals surface area contributed by atoms with Gasteiger partial charge in [0.2, 0.25) is 5.91 Å². The number of ether oxygens (including phenoxy) is 1. The lowest BCUT2D eigenvalue weighted by Crippen LogP contribution is -2.41. The maximum Gasteiger partial charge on any atom is 0.264 e. The fourth-order valence-corrected chi connectivity index (χ4v) is 4.94. The Labute approximate surface area is 204 Å². The summed E-state index contributed by atoms with van der Waals surface area (Å²) in [5.41, 5.74) is 1.34. The predicted octanol–water partition coefficient (Wildman–Crippen LogP) is 4.95. The Kier molecular flexibility index (Phi) is 8.61. The third-order valence-corrected chi connectivity index (χ3v) is 7.44. The second-order valence-electron chi connectivity index (χ2n) is 7.23. The molecule has 33 heavy (non-hydrogen) atoms. The summed E-state index contributed by atoms with van der Waals surface area (Å²) in [6, 6.07) is 20.1. The maximum atomic E-state index is 13.3. The van der Waals surface area contributed by atoms with E-state index in [1.807, 2.05) is 24.3 Å². The van der Waals surface area contributed by atoms with Crippen molar-refractivity contribution in [3.63, 3.8) is 0 Å². The van der Waals surface area contributed by atoms with Gasteiger partial charge in [-0.2, -0.15) is 0 Å². The second kappa shape index (κ2) is 11.4. The van der Waals surface area contributed by atoms with Crippen LogP contribution in [0.4, 0.5) is 5.69 Å². The van der Waals surface area contributed by atoms with Gasteiger partial charge in [-0.3, -0.25) is 9.10 Å². The van der Waals surface area contributed by atoms with Crippen LogP contribution in [0.1, 0.15) is 12.0 Å². The summed E-state index contributed by atoms with van der Waals surface area (Å²) >= 11 is 12.1. The molecule has 0 aliphatic rings. The molecule has 0 saturated carbocycles. The van der Waals surface area contributed by atoms with E-state index in [4.69, 9.17) is 27.9 Å². The van der Waals surface area contributed by atoms with Crippen molar-refractivity contribution in [1.29, 1.82) is 0 Å². The number of halogens is 2. The van der Waals surface area contributed by atoms with Crippen molar-refractivity contribution >= 4 is 44.8 Å². The van der Waals surface area contributed by atoms with Crippen LogP contribution in [0.5, 0.6) is 5.75 Å². The van der Waals surface area contributed by atoms with Gasteiger partial charge in [-0.1, -0.05) is 53.5 Å². The number of nitrogens with zero attached hydrogens (tertiary/aromatic N) is 1. The summed E-state index contributed by atoms with van der Waals surface area (Å²) in [5, 5.41) is 3.28. The molecular formula is C24H24Cl2N2O4S. The van der Waals surface area contributed by atoms with E-state index in [1.54, 1.807) is 25.3 Å². The number of carbonyl (C=O) groups is 1. The van der Waals surface area contributed by atoms with Crippen LogP contribution in [0.15, 0.2) is 77.7 Å². The molecule has 0 fully saturated rings. The number of sulfonamides is 1. The highest BCUT2D eigenvalue weighted by atomic mass is 35.5. The van der Waals surface area contributed by atoms with Gasteiger partial charge in [-0.05, 0) is 60.9 Å². The third kappa shape index (κ3) is 6.63. The average molecular weight is 507 g/mol. The van der Waals surface area contributed by atoms with Crippen LogP contribution in [-0.4, -0.2) is 34.5 Å². The minimum Gasteiger partial charge on any atom is -0.497 e. The van der Waals surface area contributed by atoms with Gasteiger partial charge in [0.15, 0.2) is 0 Å². The molecular weight excluding hydrogens is 483 g/mol. The van der Waals surface area contributed by atoms with E-state index in [1.165, 1.54) is 30.3 Å². The number of hydrogen-bond donors (Lipinski definition) is 1. The van der Waals surface area contributed by atoms with Gasteiger partial charge in [-0.25, -0.2) is 8.42 Å². The second-order valence-corrected chi connectivity index (χ2v) is 9.90. The largest absolute Gasteiger partial charge is 0.497 e. The zero-order valence-corrected chi connectivity index (χ0v) is 20.3. The normalized spacial score (nSPS) is 11.1. The Hall–Kier alpha value is -2.74. The molecule has 9 heteroatoms. The molecule has 3 aromatic carbocycles. The third-order valence-electron chi connectivity index (χ3n) is 4.91. The summed E-state index contributed by atoms with van der Waals surface area (Å²) in [4.78, 5) is 12.7. The number of methoxy groups -OCH3 is 1. The lowest BCUT2D eigenvalue weighted by atomic mass is 10.1. The highest BCUT2D eigenvalue weighted by Crippen LogP contribution is 2.30. The molecule has 0 spiro atoms. The first-order valence-corrected chi connectivity index (χ1v) is 12.4. The van der Waals surface area contributed by atoms with Gasteiger partial charge in [-0.15, -0.1) is 0 Å². The zero-order chi connectivity index (χ0) is 23.8. The lowest BCUT2D eigenvalue weighted by Gasteiger charge is -2.24. The molecule has 3 aromatic rings. The van der Waals surface area contributed by atoms with E-state index in [0.717, 1.165) is 22.0 Å². The number of nitrogens with one attached hydrogen (secondary N) is 1. The molecule has 0 aliphatic carbocycles. The van der Waals surface area contributed by atoms with Gasteiger partial charge < -0.3 is 10.1 Å². The van der Waals surface area contributed by atoms with Crippen molar-refractivity contribution in [2.24, 2.45) is 0 Å². The molecule has 0 unspecified atom stereocenters. The van der Waals surface area contributed by atoms with Crippen molar-refractivity contribution in [3.05, 3.63) is 88.4 Å².